The lowest BCUT2D eigenvalue weighted by atomic mass is 10.0. The molecule has 0 aromatic heterocycles. The molecule has 2 aliphatic rings. The summed E-state index contributed by atoms with van der Waals surface area (Å²) in [6.45, 7) is 3.50. The largest absolute Gasteiger partial charge is 0.339 e. The van der Waals surface area contributed by atoms with Gasteiger partial charge in [0.1, 0.15) is 8.30 Å². The van der Waals surface area contributed by atoms with Crippen molar-refractivity contribution >= 4 is 8.30 Å². The number of benzene rings is 1. The Bertz CT molecular complexity index is 356. The summed E-state index contributed by atoms with van der Waals surface area (Å²) in [6.07, 6.45) is 4.19. The van der Waals surface area contributed by atoms with E-state index in [0.29, 0.717) is 12.1 Å². The molecule has 86 valence electrons. The van der Waals surface area contributed by atoms with Crippen LogP contribution in [0.2, 0.25) is 0 Å². The van der Waals surface area contributed by atoms with E-state index in [1.54, 1.807) is 0 Å². The molecule has 2 aliphatic heterocycles. The summed E-state index contributed by atoms with van der Waals surface area (Å²) in [6, 6.07) is 11.4. The van der Waals surface area contributed by atoms with Gasteiger partial charge in [0.2, 0.25) is 0 Å². The van der Waals surface area contributed by atoms with E-state index in [0.717, 1.165) is 6.42 Å². The van der Waals surface area contributed by atoms with Crippen molar-refractivity contribution in [1.29, 1.82) is 0 Å². The third kappa shape index (κ3) is 1.90. The van der Waals surface area contributed by atoms with Crippen LogP contribution in [-0.4, -0.2) is 30.0 Å². The molecule has 0 bridgehead atoms. The first-order valence-corrected chi connectivity index (χ1v) is 7.71. The van der Waals surface area contributed by atoms with E-state index in [9.17, 15) is 0 Å². The maximum atomic E-state index is 6.12. The van der Waals surface area contributed by atoms with E-state index in [-0.39, 0.29) is 8.30 Å². The SMILES string of the molecule is CP1OC(Cc2ccccc2)C2CCCN21. The molecule has 1 aromatic rings. The third-order valence-electron chi connectivity index (χ3n) is 3.63. The summed E-state index contributed by atoms with van der Waals surface area (Å²) in [7, 11) is -0.308. The first-order chi connectivity index (χ1) is 7.84. The predicted molar refractivity (Wildman–Crippen MR) is 67.6 cm³/mol. The van der Waals surface area contributed by atoms with Crippen LogP contribution in [0.4, 0.5) is 0 Å². The molecule has 3 atom stereocenters. The first kappa shape index (κ1) is 10.7. The minimum Gasteiger partial charge on any atom is -0.339 e. The summed E-state index contributed by atoms with van der Waals surface area (Å²) in [5, 5.41) is 0. The Kier molecular flexibility index (Phi) is 2.97. The molecule has 0 saturated carbocycles. The Hall–Kier alpha value is -0.430. The van der Waals surface area contributed by atoms with E-state index < -0.39 is 0 Å². The van der Waals surface area contributed by atoms with Crippen molar-refractivity contribution < 1.29 is 4.52 Å². The highest BCUT2D eigenvalue weighted by molar-refractivity contribution is 7.49. The fourth-order valence-corrected chi connectivity index (χ4v) is 4.68. The van der Waals surface area contributed by atoms with Gasteiger partial charge >= 0.3 is 0 Å². The van der Waals surface area contributed by atoms with Gasteiger partial charge in [-0.25, -0.2) is 0 Å². The maximum Gasteiger partial charge on any atom is 0.101 e. The molecule has 0 radical (unpaired) electrons. The highest BCUT2D eigenvalue weighted by Crippen LogP contribution is 2.52. The second-order valence-electron chi connectivity index (χ2n) is 4.67. The lowest BCUT2D eigenvalue weighted by Gasteiger charge is -2.17. The van der Waals surface area contributed by atoms with Crippen molar-refractivity contribution in [2.24, 2.45) is 0 Å². The zero-order chi connectivity index (χ0) is 11.0. The quantitative estimate of drug-likeness (QED) is 0.730. The van der Waals surface area contributed by atoms with Crippen molar-refractivity contribution in [3.05, 3.63) is 35.9 Å². The monoisotopic (exact) mass is 235 g/mol. The molecular formula is C13H18NOP. The van der Waals surface area contributed by atoms with Crippen LogP contribution in [0.15, 0.2) is 30.3 Å². The number of hydrogen-bond acceptors (Lipinski definition) is 2. The Morgan fingerprint density at radius 3 is 3.00 bits per heavy atom. The molecule has 0 N–H and O–H groups in total. The molecule has 2 saturated heterocycles. The lowest BCUT2D eigenvalue weighted by Crippen LogP contribution is -2.29. The molecule has 0 aliphatic carbocycles. The second kappa shape index (κ2) is 4.44. The Morgan fingerprint density at radius 2 is 2.19 bits per heavy atom. The highest BCUT2D eigenvalue weighted by Gasteiger charge is 2.42. The first-order valence-electron chi connectivity index (χ1n) is 6.05. The lowest BCUT2D eigenvalue weighted by molar-refractivity contribution is 0.210. The van der Waals surface area contributed by atoms with Crippen molar-refractivity contribution in [1.82, 2.24) is 4.67 Å². The van der Waals surface area contributed by atoms with Gasteiger partial charge in [0.15, 0.2) is 0 Å². The second-order valence-corrected chi connectivity index (χ2v) is 6.32. The van der Waals surface area contributed by atoms with Crippen molar-refractivity contribution in [3.8, 4) is 0 Å². The van der Waals surface area contributed by atoms with Crippen LogP contribution in [0.3, 0.4) is 0 Å². The van der Waals surface area contributed by atoms with Gasteiger partial charge in [0, 0.05) is 19.0 Å². The zero-order valence-corrected chi connectivity index (χ0v) is 10.6. The molecular weight excluding hydrogens is 217 g/mol. The molecule has 0 amide bonds. The third-order valence-corrected chi connectivity index (χ3v) is 5.42. The van der Waals surface area contributed by atoms with Crippen LogP contribution in [0.5, 0.6) is 0 Å². The van der Waals surface area contributed by atoms with Crippen LogP contribution in [0.25, 0.3) is 0 Å². The summed E-state index contributed by atoms with van der Waals surface area (Å²) in [5.74, 6) is 0. The molecule has 16 heavy (non-hydrogen) atoms. The topological polar surface area (TPSA) is 12.5 Å². The van der Waals surface area contributed by atoms with Gasteiger partial charge in [-0.05, 0) is 25.1 Å². The highest BCUT2D eigenvalue weighted by atomic mass is 31.2. The molecule has 3 rings (SSSR count). The normalized spacial score (nSPS) is 34.2. The summed E-state index contributed by atoms with van der Waals surface area (Å²) in [4.78, 5) is 0. The summed E-state index contributed by atoms with van der Waals surface area (Å²) >= 11 is 0. The molecule has 2 fully saturated rings. The number of nitrogens with zero attached hydrogens (tertiary/aromatic N) is 1. The van der Waals surface area contributed by atoms with E-state index in [2.05, 4.69) is 41.7 Å². The van der Waals surface area contributed by atoms with Crippen LogP contribution >= 0.6 is 8.30 Å². The molecule has 3 heteroatoms. The molecule has 2 heterocycles. The average molecular weight is 235 g/mol. The van der Waals surface area contributed by atoms with Gasteiger partial charge in [-0.15, -0.1) is 0 Å². The Balaban J connectivity index is 1.72. The number of hydrogen-bond donors (Lipinski definition) is 0. The number of fused-ring (bicyclic) bond motifs is 1. The standard InChI is InChI=1S/C13H18NOP/c1-16-14-9-5-8-12(14)13(15-16)10-11-6-3-2-4-7-11/h2-4,6-7,12-13H,5,8-10H2,1H3. The number of rotatable bonds is 2. The fourth-order valence-electron chi connectivity index (χ4n) is 2.85. The van der Waals surface area contributed by atoms with E-state index in [1.807, 2.05) is 0 Å². The van der Waals surface area contributed by atoms with Crippen LogP contribution in [0.1, 0.15) is 18.4 Å². The van der Waals surface area contributed by atoms with E-state index >= 15 is 0 Å². The minimum absolute atomic E-state index is 0.308. The predicted octanol–water partition coefficient (Wildman–Crippen LogP) is 3.03. The van der Waals surface area contributed by atoms with Gasteiger partial charge in [0.25, 0.3) is 0 Å². The Labute approximate surface area is 98.5 Å². The smallest absolute Gasteiger partial charge is 0.101 e. The Morgan fingerprint density at radius 1 is 1.38 bits per heavy atom. The maximum absolute atomic E-state index is 6.12. The van der Waals surface area contributed by atoms with Gasteiger partial charge in [-0.2, -0.15) is 0 Å². The van der Waals surface area contributed by atoms with Gasteiger partial charge < -0.3 is 4.52 Å². The van der Waals surface area contributed by atoms with E-state index in [4.69, 9.17) is 4.52 Å². The molecule has 0 spiro atoms. The van der Waals surface area contributed by atoms with Gasteiger partial charge in [-0.3, -0.25) is 4.67 Å². The van der Waals surface area contributed by atoms with Crippen LogP contribution < -0.4 is 0 Å². The molecule has 3 unspecified atom stereocenters. The summed E-state index contributed by atoms with van der Waals surface area (Å²) in [5.41, 5.74) is 1.41. The molecule has 2 nitrogen and oxygen atoms in total. The van der Waals surface area contributed by atoms with Crippen LogP contribution in [-0.2, 0) is 10.9 Å². The van der Waals surface area contributed by atoms with Crippen molar-refractivity contribution in [2.75, 3.05) is 13.2 Å². The zero-order valence-electron chi connectivity index (χ0n) is 9.67. The average Bonchev–Trinajstić information content (AvgIpc) is 2.87. The summed E-state index contributed by atoms with van der Waals surface area (Å²) < 4.78 is 8.71. The van der Waals surface area contributed by atoms with Crippen molar-refractivity contribution in [2.45, 2.75) is 31.4 Å². The van der Waals surface area contributed by atoms with Crippen molar-refractivity contribution in [3.63, 3.8) is 0 Å². The molecule has 1 aromatic carbocycles. The fraction of sp³-hybridized carbons (Fsp3) is 0.538. The minimum atomic E-state index is -0.308. The van der Waals surface area contributed by atoms with Gasteiger partial charge in [-0.1, -0.05) is 30.3 Å². The van der Waals surface area contributed by atoms with E-state index in [1.165, 1.54) is 24.9 Å². The van der Waals surface area contributed by atoms with Crippen LogP contribution in [0, 0.1) is 0 Å². The van der Waals surface area contributed by atoms with Gasteiger partial charge in [0.05, 0.1) is 6.10 Å².